The molecule has 0 aliphatic heterocycles. The molecule has 7 nitrogen and oxygen atoms in total. The van der Waals surface area contributed by atoms with Crippen LogP contribution in [0.1, 0.15) is 27.0 Å². The fourth-order valence-electron chi connectivity index (χ4n) is 2.31. The third-order valence-corrected chi connectivity index (χ3v) is 4.27. The summed E-state index contributed by atoms with van der Waals surface area (Å²) in [6.07, 6.45) is 3.12. The van der Waals surface area contributed by atoms with Crippen LogP contribution in [0.5, 0.6) is 0 Å². The first-order valence-corrected chi connectivity index (χ1v) is 8.40. The Morgan fingerprint density at radius 2 is 1.75 bits per heavy atom. The molecule has 0 amide bonds. The second-order valence-electron chi connectivity index (χ2n) is 5.23. The number of aryl methyl sites for hydroxylation is 3. The van der Waals surface area contributed by atoms with Crippen LogP contribution in [0, 0.1) is 20.8 Å². The van der Waals surface area contributed by atoms with Crippen LogP contribution in [0.4, 0.5) is 0 Å². The molecular formula is C16H21N2O5S+. The number of aromatic nitrogens is 1. The van der Waals surface area contributed by atoms with E-state index < -0.39 is 10.1 Å². The number of nitrogens with two attached hydrogens (primary N) is 1. The Morgan fingerprint density at radius 1 is 1.21 bits per heavy atom. The number of benzene rings is 1. The number of carbonyl (C=O) groups excluding carboxylic acids is 1. The maximum Gasteiger partial charge on any atom is 0.344 e. The van der Waals surface area contributed by atoms with Gasteiger partial charge in [0.15, 0.2) is 6.20 Å². The Balaban J connectivity index is 0.000000243. The molecule has 0 unspecified atom stereocenters. The van der Waals surface area contributed by atoms with E-state index in [1.165, 1.54) is 18.0 Å². The van der Waals surface area contributed by atoms with Crippen molar-refractivity contribution in [3.8, 4) is 0 Å². The Bertz CT molecular complexity index is 824. The van der Waals surface area contributed by atoms with Crippen LogP contribution in [0.25, 0.3) is 0 Å². The van der Waals surface area contributed by atoms with Crippen LogP contribution < -0.4 is 10.5 Å². The number of hydrogen-bond donors (Lipinski definition) is 2. The van der Waals surface area contributed by atoms with E-state index in [-0.39, 0.29) is 10.9 Å². The number of nitrogen functional groups attached to an aromatic ring is 1. The zero-order valence-corrected chi connectivity index (χ0v) is 14.8. The number of carbonyl (C=O) groups is 1. The predicted octanol–water partition coefficient (Wildman–Crippen LogP) is 1.33. The molecule has 1 aromatic heterocycles. The van der Waals surface area contributed by atoms with Crippen molar-refractivity contribution >= 4 is 16.1 Å². The van der Waals surface area contributed by atoms with Crippen molar-refractivity contribution in [1.82, 2.24) is 0 Å². The lowest BCUT2D eigenvalue weighted by atomic mass is 10.1. The minimum atomic E-state index is -4.08. The van der Waals surface area contributed by atoms with Crippen molar-refractivity contribution in [3.63, 3.8) is 0 Å². The summed E-state index contributed by atoms with van der Waals surface area (Å²) in [5.41, 5.74) is 2.60. The lowest BCUT2D eigenvalue weighted by molar-refractivity contribution is -0.639. The SMILES string of the molecule is COC(=O)c1ccc[n+](N)c1.Cc1cc(C)c(S(=O)(=O)O)c(C)c1. The van der Waals surface area contributed by atoms with Gasteiger partial charge in [-0.15, -0.1) is 0 Å². The summed E-state index contributed by atoms with van der Waals surface area (Å²) in [6, 6.07) is 6.77. The van der Waals surface area contributed by atoms with Crippen molar-refractivity contribution in [2.24, 2.45) is 0 Å². The fourth-order valence-corrected chi connectivity index (χ4v) is 3.24. The molecule has 8 heteroatoms. The van der Waals surface area contributed by atoms with Crippen LogP contribution in [0.3, 0.4) is 0 Å². The molecule has 24 heavy (non-hydrogen) atoms. The van der Waals surface area contributed by atoms with Gasteiger partial charge >= 0.3 is 5.97 Å². The third kappa shape index (κ3) is 5.32. The first kappa shape index (κ1) is 19.6. The Labute approximate surface area is 141 Å². The minimum absolute atomic E-state index is 0.0260. The second-order valence-corrected chi connectivity index (χ2v) is 6.59. The summed E-state index contributed by atoms with van der Waals surface area (Å²) >= 11 is 0. The molecule has 0 radical (unpaired) electrons. The van der Waals surface area contributed by atoms with E-state index in [2.05, 4.69) is 4.74 Å². The van der Waals surface area contributed by atoms with Gasteiger partial charge in [0.2, 0.25) is 6.20 Å². The van der Waals surface area contributed by atoms with Gasteiger partial charge in [-0.25, -0.2) is 10.6 Å². The van der Waals surface area contributed by atoms with Crippen molar-refractivity contribution in [3.05, 3.63) is 58.9 Å². The highest BCUT2D eigenvalue weighted by atomic mass is 32.2. The van der Waals surface area contributed by atoms with E-state index in [0.717, 1.165) is 5.56 Å². The Hall–Kier alpha value is -2.45. The van der Waals surface area contributed by atoms with Crippen LogP contribution in [-0.2, 0) is 14.9 Å². The van der Waals surface area contributed by atoms with E-state index in [9.17, 15) is 13.2 Å². The number of rotatable bonds is 2. The van der Waals surface area contributed by atoms with Gasteiger partial charge in [0, 0.05) is 6.07 Å². The number of methoxy groups -OCH3 is 1. The molecule has 0 saturated carbocycles. The minimum Gasteiger partial charge on any atom is -0.465 e. The predicted molar refractivity (Wildman–Crippen MR) is 88.6 cm³/mol. The van der Waals surface area contributed by atoms with Gasteiger partial charge in [-0.2, -0.15) is 8.42 Å². The van der Waals surface area contributed by atoms with Crippen molar-refractivity contribution < 1.29 is 27.2 Å². The molecule has 2 aromatic rings. The number of nitrogens with zero attached hydrogens (tertiary/aromatic N) is 1. The average Bonchev–Trinajstić information content (AvgIpc) is 2.44. The van der Waals surface area contributed by atoms with Gasteiger partial charge < -0.3 is 4.74 Å². The molecule has 3 N–H and O–H groups in total. The van der Waals surface area contributed by atoms with Crippen LogP contribution in [0.2, 0.25) is 0 Å². The Morgan fingerprint density at radius 3 is 2.17 bits per heavy atom. The first-order chi connectivity index (χ1) is 11.1. The number of esters is 1. The summed E-state index contributed by atoms with van der Waals surface area (Å²) in [5.74, 6) is 4.98. The standard InChI is InChI=1S/C9H12O3S.C7H9N2O2/c1-6-4-7(2)9(8(3)5-6)13(10,11)12;1-11-7(10)6-3-2-4-9(8)5-6/h4-5H,1-3H3,(H,10,11,12);2-5H,8H2,1H3/q;+1. The normalized spacial score (nSPS) is 10.5. The lowest BCUT2D eigenvalue weighted by Crippen LogP contribution is -2.44. The Kier molecular flexibility index (Phi) is 6.44. The molecule has 2 rings (SSSR count). The van der Waals surface area contributed by atoms with Crippen molar-refractivity contribution in [2.75, 3.05) is 13.0 Å². The van der Waals surface area contributed by atoms with Crippen LogP contribution in [0.15, 0.2) is 41.6 Å². The first-order valence-electron chi connectivity index (χ1n) is 6.96. The quantitative estimate of drug-likeness (QED) is 0.365. The smallest absolute Gasteiger partial charge is 0.344 e. The third-order valence-electron chi connectivity index (χ3n) is 3.11. The van der Waals surface area contributed by atoms with Crippen LogP contribution >= 0.6 is 0 Å². The summed E-state index contributed by atoms with van der Waals surface area (Å²) in [6.45, 7) is 5.22. The van der Waals surface area contributed by atoms with E-state index in [4.69, 9.17) is 10.4 Å². The van der Waals surface area contributed by atoms with Gasteiger partial charge in [-0.1, -0.05) is 22.4 Å². The highest BCUT2D eigenvalue weighted by molar-refractivity contribution is 7.86. The molecule has 0 aliphatic carbocycles. The fraction of sp³-hybridized carbons (Fsp3) is 0.250. The van der Waals surface area contributed by atoms with Crippen LogP contribution in [-0.4, -0.2) is 26.0 Å². The molecule has 0 bridgehead atoms. The second kappa shape index (κ2) is 7.89. The zero-order valence-electron chi connectivity index (χ0n) is 14.0. The zero-order chi connectivity index (χ0) is 18.5. The highest BCUT2D eigenvalue weighted by Crippen LogP contribution is 2.20. The maximum absolute atomic E-state index is 10.9. The molecule has 0 aliphatic rings. The summed E-state index contributed by atoms with van der Waals surface area (Å²) in [5, 5.41) is 0. The molecule has 130 valence electrons. The summed E-state index contributed by atoms with van der Waals surface area (Å²) in [7, 11) is -2.75. The van der Waals surface area contributed by atoms with Gasteiger partial charge in [0.1, 0.15) is 5.56 Å². The lowest BCUT2D eigenvalue weighted by Gasteiger charge is -2.07. The van der Waals surface area contributed by atoms with Gasteiger partial charge in [-0.3, -0.25) is 4.55 Å². The molecule has 0 atom stereocenters. The monoisotopic (exact) mass is 353 g/mol. The van der Waals surface area contributed by atoms with E-state index in [0.29, 0.717) is 16.7 Å². The van der Waals surface area contributed by atoms with Crippen molar-refractivity contribution in [2.45, 2.75) is 25.7 Å². The molecule has 1 heterocycles. The highest BCUT2D eigenvalue weighted by Gasteiger charge is 2.16. The number of pyridine rings is 1. The number of ether oxygens (including phenoxy) is 1. The van der Waals surface area contributed by atoms with E-state index in [1.54, 1.807) is 44.3 Å². The molecule has 0 fully saturated rings. The molecule has 0 saturated heterocycles. The van der Waals surface area contributed by atoms with E-state index >= 15 is 0 Å². The van der Waals surface area contributed by atoms with E-state index in [1.807, 2.05) is 6.92 Å². The van der Waals surface area contributed by atoms with Crippen molar-refractivity contribution in [1.29, 1.82) is 0 Å². The average molecular weight is 353 g/mol. The number of hydrogen-bond acceptors (Lipinski definition) is 5. The van der Waals surface area contributed by atoms with Gasteiger partial charge in [0.25, 0.3) is 10.1 Å². The topological polar surface area (TPSA) is 111 Å². The molecule has 1 aromatic carbocycles. The molecule has 0 spiro atoms. The van der Waals surface area contributed by atoms with Gasteiger partial charge in [0.05, 0.1) is 12.0 Å². The maximum atomic E-state index is 10.9. The molecular weight excluding hydrogens is 332 g/mol. The largest absolute Gasteiger partial charge is 0.465 e. The summed E-state index contributed by atoms with van der Waals surface area (Å²) < 4.78 is 36.6. The van der Waals surface area contributed by atoms with Gasteiger partial charge in [-0.05, 0) is 38.0 Å². The summed E-state index contributed by atoms with van der Waals surface area (Å²) in [4.78, 5) is 10.9.